The first kappa shape index (κ1) is 15.2. The van der Waals surface area contributed by atoms with Gasteiger partial charge in [-0.15, -0.1) is 0 Å². The maximum atomic E-state index is 13.8. The number of pyridine rings is 2. The summed E-state index contributed by atoms with van der Waals surface area (Å²) in [5.74, 6) is -3.46. The molecule has 3 rings (SSSR count). The van der Waals surface area contributed by atoms with E-state index in [4.69, 9.17) is 0 Å². The first-order valence-corrected chi connectivity index (χ1v) is 7.01. The molecule has 0 aliphatic rings. The number of nitrogens with zero attached hydrogens (tertiary/aromatic N) is 4. The van der Waals surface area contributed by atoms with Crippen molar-refractivity contribution < 1.29 is 13.2 Å². The molecule has 0 bridgehead atoms. The summed E-state index contributed by atoms with van der Waals surface area (Å²) >= 11 is 0. The number of hydrogen-bond donors (Lipinski definition) is 0. The summed E-state index contributed by atoms with van der Waals surface area (Å²) in [6.07, 6.45) is 5.30. The lowest BCUT2D eigenvalue weighted by Gasteiger charge is -2.13. The van der Waals surface area contributed by atoms with Gasteiger partial charge in [0.1, 0.15) is 11.5 Å². The van der Waals surface area contributed by atoms with Crippen LogP contribution in [0.25, 0.3) is 16.9 Å². The minimum atomic E-state index is -2.97. The topological polar surface area (TPSA) is 43.6 Å². The van der Waals surface area contributed by atoms with Gasteiger partial charge in [-0.3, -0.25) is 4.98 Å². The molecule has 0 unspecified atom stereocenters. The van der Waals surface area contributed by atoms with E-state index in [1.54, 1.807) is 12.3 Å². The summed E-state index contributed by atoms with van der Waals surface area (Å²) in [6, 6.07) is 5.73. The van der Waals surface area contributed by atoms with Crippen molar-refractivity contribution in [3.8, 4) is 16.9 Å². The Kier molecular flexibility index (Phi) is 3.85. The quantitative estimate of drug-likeness (QED) is 0.731. The Morgan fingerprint density at radius 2 is 2.00 bits per heavy atom. The van der Waals surface area contributed by atoms with Crippen LogP contribution in [0.1, 0.15) is 19.0 Å². The van der Waals surface area contributed by atoms with Crippen molar-refractivity contribution in [1.29, 1.82) is 0 Å². The lowest BCUT2D eigenvalue weighted by atomic mass is 10.1. The minimum Gasteiger partial charge on any atom is -0.259 e. The molecular weight excluding hydrogens is 305 g/mol. The standard InChI is InChI=1S/C16H13F3N4/c1-2-16(18,19)15-5-3-4-14(22-15)11-7-21-23(10-11)13-6-12(17)8-20-9-13/h3-10H,2H2,1H3. The summed E-state index contributed by atoms with van der Waals surface area (Å²) in [5, 5.41) is 4.10. The van der Waals surface area contributed by atoms with Crippen molar-refractivity contribution in [2.75, 3.05) is 0 Å². The van der Waals surface area contributed by atoms with E-state index in [9.17, 15) is 13.2 Å². The molecule has 3 heterocycles. The lowest BCUT2D eigenvalue weighted by Crippen LogP contribution is -2.13. The van der Waals surface area contributed by atoms with Crippen molar-refractivity contribution in [1.82, 2.24) is 19.7 Å². The van der Waals surface area contributed by atoms with Crippen LogP contribution in [0.2, 0.25) is 0 Å². The van der Waals surface area contributed by atoms with Gasteiger partial charge in [0.2, 0.25) is 0 Å². The fourth-order valence-corrected chi connectivity index (χ4v) is 2.10. The van der Waals surface area contributed by atoms with Crippen LogP contribution >= 0.6 is 0 Å². The molecule has 0 atom stereocenters. The van der Waals surface area contributed by atoms with Crippen molar-refractivity contribution in [2.45, 2.75) is 19.3 Å². The van der Waals surface area contributed by atoms with Crippen LogP contribution < -0.4 is 0 Å². The van der Waals surface area contributed by atoms with Crippen LogP contribution in [0.4, 0.5) is 13.2 Å². The molecule has 0 fully saturated rings. The first-order chi connectivity index (χ1) is 11.0. The van der Waals surface area contributed by atoms with Gasteiger partial charge < -0.3 is 0 Å². The van der Waals surface area contributed by atoms with E-state index < -0.39 is 11.7 Å². The third-order valence-electron chi connectivity index (χ3n) is 3.40. The van der Waals surface area contributed by atoms with Gasteiger partial charge in [-0.05, 0) is 12.1 Å². The SMILES string of the molecule is CCC(F)(F)c1cccc(-c2cnn(-c3cncc(F)c3)c2)n1. The average Bonchev–Trinajstić information content (AvgIpc) is 3.05. The van der Waals surface area contributed by atoms with Crippen molar-refractivity contribution in [2.24, 2.45) is 0 Å². The van der Waals surface area contributed by atoms with Crippen LogP contribution in [0.3, 0.4) is 0 Å². The zero-order valence-electron chi connectivity index (χ0n) is 12.2. The Balaban J connectivity index is 1.96. The lowest BCUT2D eigenvalue weighted by molar-refractivity contribution is -0.0126. The predicted molar refractivity (Wildman–Crippen MR) is 78.7 cm³/mol. The second-order valence-electron chi connectivity index (χ2n) is 5.00. The molecule has 3 aromatic heterocycles. The van der Waals surface area contributed by atoms with Gasteiger partial charge in [-0.25, -0.2) is 14.1 Å². The molecule has 0 aliphatic carbocycles. The van der Waals surface area contributed by atoms with Crippen molar-refractivity contribution in [3.63, 3.8) is 0 Å². The van der Waals surface area contributed by atoms with Crippen LogP contribution in [0, 0.1) is 5.82 Å². The molecule has 0 amide bonds. The fourth-order valence-electron chi connectivity index (χ4n) is 2.10. The van der Waals surface area contributed by atoms with Crippen LogP contribution in [0.15, 0.2) is 49.1 Å². The highest BCUT2D eigenvalue weighted by Gasteiger charge is 2.30. The Labute approximate surface area is 130 Å². The number of aromatic nitrogens is 4. The van der Waals surface area contributed by atoms with Crippen molar-refractivity contribution in [3.05, 3.63) is 60.6 Å². The van der Waals surface area contributed by atoms with Crippen LogP contribution in [0.5, 0.6) is 0 Å². The van der Waals surface area contributed by atoms with Gasteiger partial charge in [0.15, 0.2) is 0 Å². The van der Waals surface area contributed by atoms with Crippen molar-refractivity contribution >= 4 is 0 Å². The average molecular weight is 318 g/mol. The number of alkyl halides is 2. The largest absolute Gasteiger partial charge is 0.289 e. The Morgan fingerprint density at radius 3 is 2.74 bits per heavy atom. The molecular formula is C16H13F3N4. The van der Waals surface area contributed by atoms with E-state index in [-0.39, 0.29) is 12.1 Å². The summed E-state index contributed by atoms with van der Waals surface area (Å²) < 4.78 is 42.1. The maximum absolute atomic E-state index is 13.8. The van der Waals surface area contributed by atoms with Crippen LogP contribution in [-0.4, -0.2) is 19.7 Å². The minimum absolute atomic E-state index is 0.280. The molecule has 0 saturated carbocycles. The van der Waals surface area contributed by atoms with E-state index in [2.05, 4.69) is 15.1 Å². The Bertz CT molecular complexity index is 829. The second-order valence-corrected chi connectivity index (χ2v) is 5.00. The molecule has 118 valence electrons. The number of rotatable bonds is 4. The zero-order chi connectivity index (χ0) is 16.4. The fraction of sp³-hybridized carbons (Fsp3) is 0.188. The molecule has 7 heteroatoms. The molecule has 0 spiro atoms. The van der Waals surface area contributed by atoms with Gasteiger partial charge in [-0.1, -0.05) is 13.0 Å². The summed E-state index contributed by atoms with van der Waals surface area (Å²) in [7, 11) is 0. The van der Waals surface area contributed by atoms with E-state index in [1.807, 2.05) is 0 Å². The number of halogens is 3. The Hall–Kier alpha value is -2.70. The molecule has 23 heavy (non-hydrogen) atoms. The molecule has 0 aromatic carbocycles. The third-order valence-corrected chi connectivity index (χ3v) is 3.40. The zero-order valence-corrected chi connectivity index (χ0v) is 12.2. The number of hydrogen-bond acceptors (Lipinski definition) is 3. The smallest absolute Gasteiger partial charge is 0.259 e. The second kappa shape index (κ2) is 5.83. The summed E-state index contributed by atoms with van der Waals surface area (Å²) in [6.45, 7) is 1.41. The van der Waals surface area contributed by atoms with Gasteiger partial charge in [0.05, 0.1) is 30.0 Å². The molecule has 0 radical (unpaired) electrons. The van der Waals surface area contributed by atoms with E-state index >= 15 is 0 Å². The summed E-state index contributed by atoms with van der Waals surface area (Å²) in [5.41, 5.74) is 1.10. The van der Waals surface area contributed by atoms with Crippen LogP contribution in [-0.2, 0) is 5.92 Å². The van der Waals surface area contributed by atoms with Gasteiger partial charge >= 0.3 is 0 Å². The molecule has 0 N–H and O–H groups in total. The monoisotopic (exact) mass is 318 g/mol. The van der Waals surface area contributed by atoms with E-state index in [0.717, 1.165) is 6.20 Å². The van der Waals surface area contributed by atoms with Gasteiger partial charge in [0, 0.05) is 24.2 Å². The Morgan fingerprint density at radius 1 is 1.17 bits per heavy atom. The predicted octanol–water partition coefficient (Wildman–Crippen LogP) is 3.97. The first-order valence-electron chi connectivity index (χ1n) is 7.01. The molecule has 0 aliphatic heterocycles. The van der Waals surface area contributed by atoms with Gasteiger partial charge in [0.25, 0.3) is 5.92 Å². The van der Waals surface area contributed by atoms with E-state index in [1.165, 1.54) is 42.2 Å². The molecule has 4 nitrogen and oxygen atoms in total. The summed E-state index contributed by atoms with van der Waals surface area (Å²) in [4.78, 5) is 7.77. The molecule has 3 aromatic rings. The highest BCUT2D eigenvalue weighted by molar-refractivity contribution is 5.58. The van der Waals surface area contributed by atoms with Gasteiger partial charge in [-0.2, -0.15) is 13.9 Å². The maximum Gasteiger partial charge on any atom is 0.289 e. The third kappa shape index (κ3) is 3.08. The van der Waals surface area contributed by atoms with E-state index in [0.29, 0.717) is 16.9 Å². The highest BCUT2D eigenvalue weighted by atomic mass is 19.3. The highest BCUT2D eigenvalue weighted by Crippen LogP contribution is 2.31. The normalized spacial score (nSPS) is 11.7. The molecule has 0 saturated heterocycles.